The number of benzene rings is 1. The normalized spacial score (nSPS) is 10.6. The van der Waals surface area contributed by atoms with Crippen molar-refractivity contribution in [2.24, 2.45) is 0 Å². The first-order valence-corrected chi connectivity index (χ1v) is 4.74. The summed E-state index contributed by atoms with van der Waals surface area (Å²) in [6, 6.07) is 7.75. The second kappa shape index (κ2) is 3.44. The van der Waals surface area contributed by atoms with Gasteiger partial charge in [-0.2, -0.15) is 0 Å². The minimum absolute atomic E-state index is 0.0632. The number of hydrogen-bond acceptors (Lipinski definition) is 2. The maximum atomic E-state index is 8.91. The summed E-state index contributed by atoms with van der Waals surface area (Å²) in [4.78, 5) is 4.23. The van der Waals surface area contributed by atoms with E-state index < -0.39 is 0 Å². The van der Waals surface area contributed by atoms with Crippen LogP contribution in [0.25, 0.3) is 10.9 Å². The Labute approximate surface area is 84.4 Å². The molecule has 13 heavy (non-hydrogen) atoms. The molecule has 1 aromatic heterocycles. The fraction of sp³-hybridized carbons (Fsp3) is 0.100. The number of pyridine rings is 1. The maximum absolute atomic E-state index is 8.91. The number of hydrogen-bond donors (Lipinski definition) is 1. The lowest BCUT2D eigenvalue weighted by Gasteiger charge is -2.00. The molecule has 1 aromatic carbocycles. The molecule has 0 saturated heterocycles. The average molecular weight is 238 g/mol. The predicted molar refractivity (Wildman–Crippen MR) is 55.4 cm³/mol. The average Bonchev–Trinajstić information content (AvgIpc) is 2.17. The molecule has 1 N–H and O–H groups in total. The molecule has 2 rings (SSSR count). The van der Waals surface area contributed by atoms with E-state index in [0.29, 0.717) is 0 Å². The zero-order valence-corrected chi connectivity index (χ0v) is 8.45. The summed E-state index contributed by atoms with van der Waals surface area (Å²) in [7, 11) is 0. The third-order valence-electron chi connectivity index (χ3n) is 1.90. The molecule has 0 atom stereocenters. The molecule has 0 spiro atoms. The van der Waals surface area contributed by atoms with Crippen molar-refractivity contribution in [1.29, 1.82) is 0 Å². The summed E-state index contributed by atoms with van der Waals surface area (Å²) in [5.74, 6) is 0. The fourth-order valence-corrected chi connectivity index (χ4v) is 1.59. The van der Waals surface area contributed by atoms with Crippen LogP contribution in [0.2, 0.25) is 0 Å². The molecule has 1 heterocycles. The van der Waals surface area contributed by atoms with Gasteiger partial charge >= 0.3 is 0 Å². The summed E-state index contributed by atoms with van der Waals surface area (Å²) in [6.07, 6.45) is 1.75. The van der Waals surface area contributed by atoms with Crippen LogP contribution in [0, 0.1) is 0 Å². The van der Waals surface area contributed by atoms with Gasteiger partial charge in [-0.05, 0) is 33.6 Å². The van der Waals surface area contributed by atoms with Gasteiger partial charge in [-0.15, -0.1) is 0 Å². The lowest BCUT2D eigenvalue weighted by atomic mass is 10.1. The van der Waals surface area contributed by atoms with Crippen LogP contribution in [-0.2, 0) is 6.61 Å². The summed E-state index contributed by atoms with van der Waals surface area (Å²) < 4.78 is 0.969. The van der Waals surface area contributed by atoms with Gasteiger partial charge in [0.05, 0.1) is 12.1 Å². The van der Waals surface area contributed by atoms with Crippen LogP contribution in [-0.4, -0.2) is 10.1 Å². The van der Waals surface area contributed by atoms with Crippen molar-refractivity contribution in [3.05, 3.63) is 40.5 Å². The van der Waals surface area contributed by atoms with E-state index in [4.69, 9.17) is 5.11 Å². The Kier molecular flexibility index (Phi) is 2.29. The zero-order valence-electron chi connectivity index (χ0n) is 6.87. The summed E-state index contributed by atoms with van der Waals surface area (Å²) in [6.45, 7) is 0.0632. The van der Waals surface area contributed by atoms with E-state index in [-0.39, 0.29) is 6.61 Å². The van der Waals surface area contributed by atoms with E-state index in [2.05, 4.69) is 20.9 Å². The molecule has 2 aromatic rings. The largest absolute Gasteiger partial charge is 0.392 e. The topological polar surface area (TPSA) is 33.1 Å². The van der Waals surface area contributed by atoms with Crippen LogP contribution >= 0.6 is 15.9 Å². The van der Waals surface area contributed by atoms with Crippen LogP contribution < -0.4 is 0 Å². The molecule has 0 saturated carbocycles. The van der Waals surface area contributed by atoms with E-state index in [1.165, 1.54) is 0 Å². The molecule has 3 heteroatoms. The van der Waals surface area contributed by atoms with E-state index in [9.17, 15) is 0 Å². The molecule has 0 aliphatic rings. The summed E-state index contributed by atoms with van der Waals surface area (Å²) in [5, 5.41) is 9.99. The standard InChI is InChI=1S/C10H8BrNO/c11-9-4-8-2-1-7(6-13)3-10(8)12-5-9/h1-5,13H,6H2. The van der Waals surface area contributed by atoms with Gasteiger partial charge in [0.1, 0.15) is 0 Å². The number of halogens is 1. The van der Waals surface area contributed by atoms with Gasteiger partial charge in [0.25, 0.3) is 0 Å². The van der Waals surface area contributed by atoms with Crippen molar-refractivity contribution in [1.82, 2.24) is 4.98 Å². The second-order valence-electron chi connectivity index (χ2n) is 2.84. The number of aliphatic hydroxyl groups is 1. The maximum Gasteiger partial charge on any atom is 0.0706 e. The first-order chi connectivity index (χ1) is 6.29. The fourth-order valence-electron chi connectivity index (χ4n) is 1.24. The molecule has 0 fully saturated rings. The monoisotopic (exact) mass is 237 g/mol. The molecule has 0 bridgehead atoms. The molecule has 0 amide bonds. The van der Waals surface area contributed by atoms with Crippen molar-refractivity contribution < 1.29 is 5.11 Å². The van der Waals surface area contributed by atoms with Gasteiger partial charge in [-0.25, -0.2) is 0 Å². The molecule has 0 aliphatic heterocycles. The van der Waals surface area contributed by atoms with Crippen molar-refractivity contribution in [3.8, 4) is 0 Å². The van der Waals surface area contributed by atoms with Crippen molar-refractivity contribution >= 4 is 26.8 Å². The van der Waals surface area contributed by atoms with Crippen LogP contribution in [0.5, 0.6) is 0 Å². The number of aliphatic hydroxyl groups excluding tert-OH is 1. The number of fused-ring (bicyclic) bond motifs is 1. The van der Waals surface area contributed by atoms with Gasteiger partial charge in [-0.1, -0.05) is 12.1 Å². The Morgan fingerprint density at radius 1 is 1.31 bits per heavy atom. The highest BCUT2D eigenvalue weighted by molar-refractivity contribution is 9.10. The molecule has 0 aliphatic carbocycles. The number of nitrogens with zero attached hydrogens (tertiary/aromatic N) is 1. The van der Waals surface area contributed by atoms with Crippen LogP contribution in [0.1, 0.15) is 5.56 Å². The Morgan fingerprint density at radius 3 is 2.92 bits per heavy atom. The molecular formula is C10H8BrNO. The molecular weight excluding hydrogens is 230 g/mol. The molecule has 0 unspecified atom stereocenters. The lowest BCUT2D eigenvalue weighted by Crippen LogP contribution is -1.84. The highest BCUT2D eigenvalue weighted by Gasteiger charge is 1.97. The van der Waals surface area contributed by atoms with Crippen molar-refractivity contribution in [2.45, 2.75) is 6.61 Å². The first kappa shape index (κ1) is 8.66. The van der Waals surface area contributed by atoms with E-state index in [1.54, 1.807) is 6.20 Å². The van der Waals surface area contributed by atoms with Crippen molar-refractivity contribution in [3.63, 3.8) is 0 Å². The molecule has 0 radical (unpaired) electrons. The Bertz CT molecular complexity index is 442. The first-order valence-electron chi connectivity index (χ1n) is 3.94. The summed E-state index contributed by atoms with van der Waals surface area (Å²) >= 11 is 3.36. The zero-order chi connectivity index (χ0) is 9.26. The van der Waals surface area contributed by atoms with Gasteiger partial charge in [-0.3, -0.25) is 4.98 Å². The summed E-state index contributed by atoms with van der Waals surface area (Å²) in [5.41, 5.74) is 1.80. The Morgan fingerprint density at radius 2 is 2.15 bits per heavy atom. The van der Waals surface area contributed by atoms with E-state index >= 15 is 0 Å². The molecule has 66 valence electrons. The van der Waals surface area contributed by atoms with Crippen molar-refractivity contribution in [2.75, 3.05) is 0 Å². The Hall–Kier alpha value is -0.930. The van der Waals surface area contributed by atoms with E-state index in [0.717, 1.165) is 20.9 Å². The quantitative estimate of drug-likeness (QED) is 0.827. The minimum Gasteiger partial charge on any atom is -0.392 e. The van der Waals surface area contributed by atoms with Gasteiger partial charge in [0.2, 0.25) is 0 Å². The van der Waals surface area contributed by atoms with Crippen LogP contribution in [0.3, 0.4) is 0 Å². The smallest absolute Gasteiger partial charge is 0.0706 e. The highest BCUT2D eigenvalue weighted by atomic mass is 79.9. The third-order valence-corrected chi connectivity index (χ3v) is 2.33. The predicted octanol–water partition coefficient (Wildman–Crippen LogP) is 2.49. The second-order valence-corrected chi connectivity index (χ2v) is 3.75. The highest BCUT2D eigenvalue weighted by Crippen LogP contribution is 2.18. The number of rotatable bonds is 1. The minimum atomic E-state index is 0.0632. The van der Waals surface area contributed by atoms with Crippen LogP contribution in [0.15, 0.2) is 34.9 Å². The SMILES string of the molecule is OCc1ccc2cc(Br)cnc2c1. The molecule has 2 nitrogen and oxygen atoms in total. The lowest BCUT2D eigenvalue weighted by molar-refractivity contribution is 0.282. The Balaban J connectivity index is 2.66. The van der Waals surface area contributed by atoms with Gasteiger partial charge in [0, 0.05) is 16.1 Å². The number of aromatic nitrogens is 1. The third kappa shape index (κ3) is 1.71. The van der Waals surface area contributed by atoms with E-state index in [1.807, 2.05) is 24.3 Å². The van der Waals surface area contributed by atoms with Gasteiger partial charge < -0.3 is 5.11 Å². The van der Waals surface area contributed by atoms with Gasteiger partial charge in [0.15, 0.2) is 0 Å². The van der Waals surface area contributed by atoms with Crippen LogP contribution in [0.4, 0.5) is 0 Å².